The van der Waals surface area contributed by atoms with Crippen molar-refractivity contribution in [3.05, 3.63) is 59.7 Å². The first-order valence-electron chi connectivity index (χ1n) is 11.6. The molecule has 1 aliphatic carbocycles. The Morgan fingerprint density at radius 1 is 0.625 bits per heavy atom. The van der Waals surface area contributed by atoms with Crippen LogP contribution in [0, 0.1) is 0 Å². The first-order valence-corrected chi connectivity index (χ1v) is 13.2. The molecule has 0 N–H and O–H groups in total. The molecule has 0 unspecified atom stereocenters. The van der Waals surface area contributed by atoms with Crippen molar-refractivity contribution < 1.29 is 17.3 Å². The second-order valence-electron chi connectivity index (χ2n) is 10.9. The first kappa shape index (κ1) is 26.9. The van der Waals surface area contributed by atoms with Crippen molar-refractivity contribution in [3.63, 3.8) is 0 Å². The normalized spacial score (nSPS) is 16.0. The Kier molecular flexibility index (Phi) is 9.01. The molecule has 0 saturated heterocycles. The fourth-order valence-corrected chi connectivity index (χ4v) is 7.64. The van der Waals surface area contributed by atoms with Crippen molar-refractivity contribution in [2.24, 2.45) is 0 Å². The van der Waals surface area contributed by atoms with E-state index in [9.17, 15) is 17.3 Å². The fourth-order valence-electron chi connectivity index (χ4n) is 4.33. The summed E-state index contributed by atoms with van der Waals surface area (Å²) in [5, 5.41) is 3.20. The largest absolute Gasteiger partial charge is 0.673 e. The van der Waals surface area contributed by atoms with Gasteiger partial charge in [0.1, 0.15) is 0 Å². The van der Waals surface area contributed by atoms with E-state index in [1.54, 1.807) is 10.6 Å². The number of rotatable bonds is 3. The van der Waals surface area contributed by atoms with Gasteiger partial charge >= 0.3 is 7.25 Å². The van der Waals surface area contributed by atoms with Crippen LogP contribution in [0.5, 0.6) is 0 Å². The highest BCUT2D eigenvalue weighted by atomic mass is 31.1. The Bertz CT molecular complexity index is 761. The number of benzene rings is 2. The van der Waals surface area contributed by atoms with E-state index < -0.39 is 15.2 Å². The van der Waals surface area contributed by atoms with Gasteiger partial charge in [0.25, 0.3) is 0 Å². The van der Waals surface area contributed by atoms with E-state index in [0.29, 0.717) is 0 Å². The Morgan fingerprint density at radius 2 is 0.938 bits per heavy atom. The van der Waals surface area contributed by atoms with Crippen molar-refractivity contribution in [2.75, 3.05) is 0 Å². The Morgan fingerprint density at radius 3 is 1.22 bits per heavy atom. The van der Waals surface area contributed by atoms with E-state index in [2.05, 4.69) is 90.1 Å². The molecule has 1 fully saturated rings. The summed E-state index contributed by atoms with van der Waals surface area (Å²) < 4.78 is 39.0. The van der Waals surface area contributed by atoms with Crippen LogP contribution in [0.1, 0.15) is 84.8 Å². The van der Waals surface area contributed by atoms with Gasteiger partial charge in [-0.3, -0.25) is 0 Å². The lowest BCUT2D eigenvalue weighted by Gasteiger charge is -2.26. The predicted octanol–water partition coefficient (Wildman–Crippen LogP) is 8.08. The summed E-state index contributed by atoms with van der Waals surface area (Å²) >= 11 is 0. The van der Waals surface area contributed by atoms with Crippen LogP contribution in [0.2, 0.25) is 0 Å². The molecular weight excluding hydrogens is 430 g/mol. The molecule has 178 valence electrons. The summed E-state index contributed by atoms with van der Waals surface area (Å²) in [6, 6.07) is 19.3. The van der Waals surface area contributed by atoms with E-state index in [4.69, 9.17) is 0 Å². The van der Waals surface area contributed by atoms with E-state index in [0.717, 1.165) is 5.66 Å². The minimum absolute atomic E-state index is 0.227. The summed E-state index contributed by atoms with van der Waals surface area (Å²) in [5.41, 5.74) is 4.22. The lowest BCUT2D eigenvalue weighted by molar-refractivity contribution is 0.368. The molecule has 0 aliphatic heterocycles. The quantitative estimate of drug-likeness (QED) is 0.243. The smallest absolute Gasteiger partial charge is 0.418 e. The zero-order valence-electron chi connectivity index (χ0n) is 20.3. The van der Waals surface area contributed by atoms with Crippen LogP contribution in [0.15, 0.2) is 48.5 Å². The third-order valence-corrected chi connectivity index (χ3v) is 9.44. The lowest BCUT2D eigenvalue weighted by Crippen LogP contribution is -2.24. The highest BCUT2D eigenvalue weighted by Crippen LogP contribution is 2.46. The van der Waals surface area contributed by atoms with Gasteiger partial charge < -0.3 is 17.3 Å². The average Bonchev–Trinajstić information content (AvgIpc) is 2.67. The van der Waals surface area contributed by atoms with Crippen LogP contribution in [-0.2, 0) is 10.8 Å². The molecule has 1 saturated carbocycles. The molecule has 0 atom stereocenters. The monoisotopic (exact) mass is 468 g/mol. The minimum atomic E-state index is -6.00. The van der Waals surface area contributed by atoms with Gasteiger partial charge in [0.05, 0.1) is 24.2 Å². The maximum Gasteiger partial charge on any atom is 0.673 e. The molecule has 1 aliphatic rings. The standard InChI is InChI=1S/C26H37P.BF4/c1-25(2,3)20-12-16-23(17-13-20)27(22-10-8-7-9-11-22)24-18-14-21(15-19-24)26(4,5)6;2-1(3,4)5/h12-19,22H,7-11H2,1-6H3;/q;-1/p+1. The van der Waals surface area contributed by atoms with Crippen molar-refractivity contribution in [3.8, 4) is 0 Å². The van der Waals surface area contributed by atoms with E-state index >= 15 is 0 Å². The number of hydrogen-bond donors (Lipinski definition) is 0. The van der Waals surface area contributed by atoms with Crippen LogP contribution in [0.4, 0.5) is 17.3 Å². The highest BCUT2D eigenvalue weighted by molar-refractivity contribution is 7.73. The van der Waals surface area contributed by atoms with Gasteiger partial charge in [-0.1, -0.05) is 72.2 Å². The molecule has 2 aromatic carbocycles. The molecular formula is C26H38BF4P. The van der Waals surface area contributed by atoms with Gasteiger partial charge in [0.2, 0.25) is 0 Å². The zero-order chi connectivity index (χ0) is 24.2. The van der Waals surface area contributed by atoms with Gasteiger partial charge in [0.15, 0.2) is 0 Å². The first-order chi connectivity index (χ1) is 14.7. The lowest BCUT2D eigenvalue weighted by atomic mass is 9.87. The maximum absolute atomic E-state index is 9.75. The van der Waals surface area contributed by atoms with Crippen molar-refractivity contribution in [2.45, 2.75) is 90.1 Å². The molecule has 0 amide bonds. The van der Waals surface area contributed by atoms with E-state index in [1.165, 1.54) is 43.2 Å². The maximum atomic E-state index is 9.75. The number of hydrogen-bond acceptors (Lipinski definition) is 0. The van der Waals surface area contributed by atoms with E-state index in [1.807, 2.05) is 0 Å². The van der Waals surface area contributed by atoms with Crippen LogP contribution >= 0.6 is 7.92 Å². The SMILES string of the molecule is CC(C)(C)c1ccc([PH+](c2ccc(C(C)(C)C)cc2)C2CCCCC2)cc1.F[B-](F)(F)F. The molecule has 0 radical (unpaired) electrons. The van der Waals surface area contributed by atoms with Crippen LogP contribution in [0.3, 0.4) is 0 Å². The summed E-state index contributed by atoms with van der Waals surface area (Å²) in [7, 11) is -6.72. The van der Waals surface area contributed by atoms with Crippen molar-refractivity contribution >= 4 is 25.8 Å². The summed E-state index contributed by atoms with van der Waals surface area (Å²) in [4.78, 5) is 0. The third-order valence-electron chi connectivity index (χ3n) is 6.14. The number of halogens is 4. The molecule has 0 aromatic heterocycles. The topological polar surface area (TPSA) is 0 Å². The molecule has 6 heteroatoms. The fraction of sp³-hybridized carbons (Fsp3) is 0.538. The van der Waals surface area contributed by atoms with Crippen LogP contribution in [0.25, 0.3) is 0 Å². The minimum Gasteiger partial charge on any atom is -0.418 e. The molecule has 0 bridgehead atoms. The molecule has 0 spiro atoms. The Balaban J connectivity index is 0.000000654. The molecule has 32 heavy (non-hydrogen) atoms. The van der Waals surface area contributed by atoms with Gasteiger partial charge in [-0.15, -0.1) is 0 Å². The predicted molar refractivity (Wildman–Crippen MR) is 135 cm³/mol. The molecule has 3 rings (SSSR count). The van der Waals surface area contributed by atoms with Gasteiger partial charge in [-0.05, 0) is 71.9 Å². The Hall–Kier alpha value is -1.35. The van der Waals surface area contributed by atoms with Crippen LogP contribution in [-0.4, -0.2) is 12.9 Å². The molecule has 0 nitrogen and oxygen atoms in total. The summed E-state index contributed by atoms with van der Waals surface area (Å²) in [6.07, 6.45) is 7.09. The molecule has 0 heterocycles. The van der Waals surface area contributed by atoms with Crippen molar-refractivity contribution in [1.82, 2.24) is 0 Å². The second kappa shape index (κ2) is 10.7. The second-order valence-corrected chi connectivity index (χ2v) is 13.7. The third kappa shape index (κ3) is 8.54. The zero-order valence-corrected chi connectivity index (χ0v) is 21.3. The Labute approximate surface area is 193 Å². The van der Waals surface area contributed by atoms with E-state index in [-0.39, 0.29) is 10.8 Å². The van der Waals surface area contributed by atoms with Gasteiger partial charge in [-0.2, -0.15) is 0 Å². The summed E-state index contributed by atoms with van der Waals surface area (Å²) in [6.45, 7) is 13.8. The van der Waals surface area contributed by atoms with Gasteiger partial charge in [-0.25, -0.2) is 0 Å². The summed E-state index contributed by atoms with van der Waals surface area (Å²) in [5.74, 6) is 0. The highest BCUT2D eigenvalue weighted by Gasteiger charge is 2.34. The van der Waals surface area contributed by atoms with Crippen LogP contribution < -0.4 is 10.6 Å². The van der Waals surface area contributed by atoms with Crippen molar-refractivity contribution in [1.29, 1.82) is 0 Å². The van der Waals surface area contributed by atoms with Gasteiger partial charge in [0, 0.05) is 0 Å². The average molecular weight is 468 g/mol. The molecule has 2 aromatic rings.